The van der Waals surface area contributed by atoms with Crippen molar-refractivity contribution in [3.8, 4) is 11.5 Å². The van der Waals surface area contributed by atoms with E-state index in [1.165, 1.54) is 11.1 Å². The zero-order valence-corrected chi connectivity index (χ0v) is 18.4. The van der Waals surface area contributed by atoms with Gasteiger partial charge in [-0.1, -0.05) is 6.07 Å². The third-order valence-corrected chi connectivity index (χ3v) is 9.32. The smallest absolute Gasteiger partial charge is 0.165 e. The fourth-order valence-corrected chi connectivity index (χ4v) is 8.30. The van der Waals surface area contributed by atoms with Gasteiger partial charge in [0.15, 0.2) is 11.5 Å². The molecule has 2 aliphatic heterocycles. The molecule has 6 atom stereocenters. The van der Waals surface area contributed by atoms with Crippen LogP contribution in [0, 0.1) is 11.3 Å². The predicted molar refractivity (Wildman–Crippen MR) is 111 cm³/mol. The summed E-state index contributed by atoms with van der Waals surface area (Å²) in [7, 11) is 5.77. The molecule has 2 heterocycles. The lowest BCUT2D eigenvalue weighted by Gasteiger charge is -2.73. The van der Waals surface area contributed by atoms with E-state index in [1.807, 2.05) is 0 Å². The number of fused-ring (bicyclic) bond motifs is 2. The molecule has 0 aromatic heterocycles. The molecule has 4 fully saturated rings. The van der Waals surface area contributed by atoms with E-state index in [1.54, 1.807) is 21.1 Å². The van der Waals surface area contributed by atoms with Crippen molar-refractivity contribution >= 4 is 18.2 Å². The predicted octanol–water partition coefficient (Wildman–Crippen LogP) is 3.15. The number of hydrogen-bond acceptors (Lipinski definition) is 5. The van der Waals surface area contributed by atoms with Gasteiger partial charge in [0.1, 0.15) is 17.5 Å². The number of piperidine rings is 1. The number of hydrogen-bond donors (Lipinski definition) is 0. The maximum Gasteiger partial charge on any atom is 0.165 e. The van der Waals surface area contributed by atoms with Crippen LogP contribution in [0.3, 0.4) is 0 Å². The molecule has 1 aromatic rings. The topological polar surface area (TPSA) is 48.0 Å². The van der Waals surface area contributed by atoms with Crippen LogP contribution in [0.1, 0.15) is 43.7 Å². The van der Waals surface area contributed by atoms with Gasteiger partial charge in [0.25, 0.3) is 0 Å². The van der Waals surface area contributed by atoms with Gasteiger partial charge in [0.05, 0.1) is 13.0 Å². The number of rotatable bonds is 3. The molecule has 4 bridgehead atoms. The van der Waals surface area contributed by atoms with E-state index < -0.39 is 5.60 Å². The van der Waals surface area contributed by atoms with Gasteiger partial charge in [-0.2, -0.15) is 0 Å². The monoisotopic (exact) mass is 419 g/mol. The number of methoxy groups -OCH3 is 2. The largest absolute Gasteiger partial charge is 0.493 e. The van der Waals surface area contributed by atoms with Crippen LogP contribution >= 0.6 is 12.4 Å². The molecule has 5 nitrogen and oxygen atoms in total. The highest BCUT2D eigenvalue weighted by molar-refractivity contribution is 5.85. The molecule has 0 radical (unpaired) electrons. The molecule has 7 rings (SSSR count). The van der Waals surface area contributed by atoms with Crippen molar-refractivity contribution in [1.29, 1.82) is 0 Å². The van der Waals surface area contributed by atoms with E-state index in [4.69, 9.17) is 14.2 Å². The summed E-state index contributed by atoms with van der Waals surface area (Å²) in [6.45, 7) is 2.80. The number of halogens is 1. The standard InChI is InChI=1S/C23H29NO4.ClH/c1-13(25)15-12-21-7-8-23(15,27-4)20-22(21)9-10-24(2)17(21)11-14-5-6-16(26-3)19(28-20)18(14)22;/h5-6,15,17,20H,7-12H2,1-4H3;1H. The van der Waals surface area contributed by atoms with Crippen LogP contribution in [-0.4, -0.2) is 56.2 Å². The summed E-state index contributed by atoms with van der Waals surface area (Å²) >= 11 is 0. The van der Waals surface area contributed by atoms with E-state index >= 15 is 0 Å². The minimum Gasteiger partial charge on any atom is -0.493 e. The molecule has 0 N–H and O–H groups in total. The van der Waals surface area contributed by atoms with E-state index in [2.05, 4.69) is 24.1 Å². The van der Waals surface area contributed by atoms with E-state index in [0.29, 0.717) is 6.04 Å². The van der Waals surface area contributed by atoms with Crippen LogP contribution in [0.2, 0.25) is 0 Å². The molecular formula is C23H30ClNO4. The summed E-state index contributed by atoms with van der Waals surface area (Å²) < 4.78 is 18.8. The van der Waals surface area contributed by atoms with Crippen molar-refractivity contribution in [2.45, 2.75) is 62.2 Å². The van der Waals surface area contributed by atoms with Crippen LogP contribution in [0.15, 0.2) is 12.1 Å². The highest BCUT2D eigenvalue weighted by atomic mass is 35.5. The summed E-state index contributed by atoms with van der Waals surface area (Å²) in [5, 5.41) is 0. The Bertz CT molecular complexity index is 905. The third-order valence-electron chi connectivity index (χ3n) is 9.32. The number of Topliss-reactive ketones (excluding diaryl/α,β-unsaturated/α-hetero) is 1. The van der Waals surface area contributed by atoms with Gasteiger partial charge >= 0.3 is 0 Å². The first kappa shape index (κ1) is 19.7. The van der Waals surface area contributed by atoms with E-state index in [-0.39, 0.29) is 41.0 Å². The summed E-state index contributed by atoms with van der Waals surface area (Å²) in [5.41, 5.74) is 2.25. The van der Waals surface area contributed by atoms with Gasteiger partial charge in [0, 0.05) is 29.5 Å². The molecule has 3 saturated carbocycles. The third kappa shape index (κ3) is 1.86. The highest BCUT2D eigenvalue weighted by Gasteiger charge is 2.80. The SMILES string of the molecule is COc1ccc2c3c1OC1C4(OC)CCC5(CC4C(C)=O)C(C2)N(C)CCC315.Cl. The summed E-state index contributed by atoms with van der Waals surface area (Å²) in [6, 6.07) is 4.75. The normalized spacial score (nSPS) is 43.2. The van der Waals surface area contributed by atoms with Crippen molar-refractivity contribution in [3.05, 3.63) is 23.3 Å². The first-order valence-electron chi connectivity index (χ1n) is 10.6. The van der Waals surface area contributed by atoms with Gasteiger partial charge in [-0.3, -0.25) is 4.79 Å². The number of ether oxygens (including phenoxy) is 3. The molecular weight excluding hydrogens is 390 g/mol. The van der Waals surface area contributed by atoms with Crippen molar-refractivity contribution in [3.63, 3.8) is 0 Å². The molecule has 6 aliphatic rings. The second-order valence-corrected chi connectivity index (χ2v) is 9.73. The molecule has 29 heavy (non-hydrogen) atoms. The van der Waals surface area contributed by atoms with Crippen molar-refractivity contribution < 1.29 is 19.0 Å². The lowest BCUT2D eigenvalue weighted by atomic mass is 9.34. The Labute approximate surface area is 178 Å². The Balaban J connectivity index is 0.00000181. The Morgan fingerprint density at radius 1 is 1.24 bits per heavy atom. The maximum atomic E-state index is 12.8. The van der Waals surface area contributed by atoms with Crippen molar-refractivity contribution in [2.75, 3.05) is 27.8 Å². The Kier molecular flexibility index (Phi) is 3.99. The van der Waals surface area contributed by atoms with Crippen LogP contribution < -0.4 is 9.47 Å². The summed E-state index contributed by atoms with van der Waals surface area (Å²) in [6.07, 6.45) is 4.91. The molecule has 6 unspecified atom stereocenters. The van der Waals surface area contributed by atoms with Crippen LogP contribution in [0.25, 0.3) is 0 Å². The summed E-state index contributed by atoms with van der Waals surface area (Å²) in [4.78, 5) is 15.4. The lowest BCUT2D eigenvalue weighted by Crippen LogP contribution is -2.81. The summed E-state index contributed by atoms with van der Waals surface area (Å²) in [5.74, 6) is 1.89. The van der Waals surface area contributed by atoms with E-state index in [0.717, 1.165) is 50.1 Å². The van der Waals surface area contributed by atoms with Crippen LogP contribution in [0.4, 0.5) is 0 Å². The van der Waals surface area contributed by atoms with Gasteiger partial charge in [-0.05, 0) is 64.3 Å². The van der Waals surface area contributed by atoms with Gasteiger partial charge in [-0.25, -0.2) is 0 Å². The fraction of sp³-hybridized carbons (Fsp3) is 0.696. The van der Waals surface area contributed by atoms with Gasteiger partial charge < -0.3 is 19.1 Å². The number of carbonyl (C=O) groups is 1. The minimum atomic E-state index is -0.535. The number of likely N-dealkylation sites (tertiary alicyclic amines) is 1. The maximum absolute atomic E-state index is 12.8. The van der Waals surface area contributed by atoms with Crippen molar-refractivity contribution in [1.82, 2.24) is 4.90 Å². The molecule has 158 valence electrons. The average molecular weight is 420 g/mol. The first-order valence-corrected chi connectivity index (χ1v) is 10.6. The average Bonchev–Trinajstić information content (AvgIpc) is 3.07. The van der Waals surface area contributed by atoms with Gasteiger partial charge in [0.2, 0.25) is 0 Å². The number of benzene rings is 1. The number of carbonyl (C=O) groups excluding carboxylic acids is 1. The Morgan fingerprint density at radius 2 is 2.03 bits per heavy atom. The number of ketones is 1. The highest BCUT2D eigenvalue weighted by Crippen LogP contribution is 2.76. The molecule has 4 aliphatic carbocycles. The quantitative estimate of drug-likeness (QED) is 0.753. The molecule has 1 aromatic carbocycles. The zero-order chi connectivity index (χ0) is 19.5. The zero-order valence-electron chi connectivity index (χ0n) is 17.6. The van der Waals surface area contributed by atoms with Crippen LogP contribution in [-0.2, 0) is 21.4 Å². The lowest BCUT2D eigenvalue weighted by molar-refractivity contribution is -0.270. The van der Waals surface area contributed by atoms with Gasteiger partial charge in [-0.15, -0.1) is 12.4 Å². The first-order chi connectivity index (χ1) is 13.4. The second kappa shape index (κ2) is 5.89. The Hall–Kier alpha value is -1.30. The molecule has 2 spiro atoms. The fourth-order valence-electron chi connectivity index (χ4n) is 8.30. The molecule has 1 saturated heterocycles. The second-order valence-electron chi connectivity index (χ2n) is 9.73. The minimum absolute atomic E-state index is 0. The molecule has 0 amide bonds. The van der Waals surface area contributed by atoms with Crippen molar-refractivity contribution in [2.24, 2.45) is 11.3 Å². The number of likely N-dealkylation sites (N-methyl/N-ethyl adjacent to an activating group) is 1. The van der Waals surface area contributed by atoms with Crippen LogP contribution in [0.5, 0.6) is 11.5 Å². The number of nitrogens with zero attached hydrogens (tertiary/aromatic N) is 1. The molecule has 6 heteroatoms. The van der Waals surface area contributed by atoms with E-state index in [9.17, 15) is 4.79 Å². The Morgan fingerprint density at radius 3 is 2.72 bits per heavy atom.